The first-order chi connectivity index (χ1) is 13.6. The van der Waals surface area contributed by atoms with Gasteiger partial charge in [-0.25, -0.2) is 14.5 Å². The van der Waals surface area contributed by atoms with Crippen LogP contribution < -0.4 is 4.74 Å². The lowest BCUT2D eigenvalue weighted by Gasteiger charge is -2.30. The Kier molecular flexibility index (Phi) is 4.29. The number of rotatable bonds is 4. The number of aromatic nitrogens is 4. The molecular formula is C21H23N5OS. The molecule has 0 spiro atoms. The Labute approximate surface area is 167 Å². The van der Waals surface area contributed by atoms with E-state index in [0.717, 1.165) is 41.6 Å². The minimum atomic E-state index is 0.565. The molecular weight excluding hydrogens is 370 g/mol. The molecule has 0 saturated carbocycles. The maximum Gasteiger partial charge on any atom is 0.167 e. The van der Waals surface area contributed by atoms with Gasteiger partial charge in [0.15, 0.2) is 11.5 Å². The first-order valence-corrected chi connectivity index (χ1v) is 10.5. The van der Waals surface area contributed by atoms with Crippen molar-refractivity contribution in [2.24, 2.45) is 0 Å². The quantitative estimate of drug-likeness (QED) is 0.529. The first-order valence-electron chi connectivity index (χ1n) is 9.64. The minimum absolute atomic E-state index is 0.565. The summed E-state index contributed by atoms with van der Waals surface area (Å²) in [5.74, 6) is 1.68. The van der Waals surface area contributed by atoms with Crippen molar-refractivity contribution in [3.8, 4) is 5.75 Å². The number of nitrogens with zero attached hydrogens (tertiary/aromatic N) is 5. The van der Waals surface area contributed by atoms with Crippen LogP contribution in [0.3, 0.4) is 0 Å². The Balaban J connectivity index is 1.53. The predicted octanol–water partition coefficient (Wildman–Crippen LogP) is 3.70. The molecule has 0 aliphatic carbocycles. The van der Waals surface area contributed by atoms with Crippen LogP contribution in [0.15, 0.2) is 30.6 Å². The minimum Gasteiger partial charge on any atom is -0.497 e. The first kappa shape index (κ1) is 17.6. The Morgan fingerprint density at radius 1 is 1.21 bits per heavy atom. The maximum absolute atomic E-state index is 5.24. The summed E-state index contributed by atoms with van der Waals surface area (Å²) < 4.78 is 7.07. The molecule has 3 aromatic heterocycles. The molecule has 5 rings (SSSR count). The monoisotopic (exact) mass is 393 g/mol. The fourth-order valence-electron chi connectivity index (χ4n) is 3.90. The average Bonchev–Trinajstić information content (AvgIpc) is 3.27. The van der Waals surface area contributed by atoms with Crippen LogP contribution in [-0.4, -0.2) is 44.2 Å². The van der Waals surface area contributed by atoms with Gasteiger partial charge in [-0.05, 0) is 43.5 Å². The summed E-state index contributed by atoms with van der Waals surface area (Å²) in [5.41, 5.74) is 3.52. The van der Waals surface area contributed by atoms with E-state index in [0.29, 0.717) is 12.5 Å². The number of fused-ring (bicyclic) bond motifs is 5. The van der Waals surface area contributed by atoms with Crippen molar-refractivity contribution in [1.29, 1.82) is 0 Å². The second-order valence-corrected chi connectivity index (χ2v) is 8.65. The van der Waals surface area contributed by atoms with E-state index in [1.807, 2.05) is 16.6 Å². The van der Waals surface area contributed by atoms with Crippen molar-refractivity contribution in [1.82, 2.24) is 24.5 Å². The molecule has 6 nitrogen and oxygen atoms in total. The molecule has 0 atom stereocenters. The molecule has 144 valence electrons. The Morgan fingerprint density at radius 3 is 2.79 bits per heavy atom. The normalized spacial score (nSPS) is 14.9. The Morgan fingerprint density at radius 2 is 2.04 bits per heavy atom. The van der Waals surface area contributed by atoms with Gasteiger partial charge in [0.2, 0.25) is 0 Å². The second kappa shape index (κ2) is 6.83. The summed E-state index contributed by atoms with van der Waals surface area (Å²) >= 11 is 1.81. The molecule has 0 fully saturated rings. The van der Waals surface area contributed by atoms with Gasteiger partial charge in [0.25, 0.3) is 0 Å². The molecule has 0 unspecified atom stereocenters. The van der Waals surface area contributed by atoms with Crippen molar-refractivity contribution in [3.05, 3.63) is 52.4 Å². The van der Waals surface area contributed by atoms with Gasteiger partial charge in [0.05, 0.1) is 12.5 Å². The van der Waals surface area contributed by atoms with E-state index in [2.05, 4.69) is 41.0 Å². The lowest BCUT2D eigenvalue weighted by Crippen LogP contribution is -2.35. The Hall–Kier alpha value is -2.51. The van der Waals surface area contributed by atoms with Crippen LogP contribution in [0.5, 0.6) is 5.75 Å². The van der Waals surface area contributed by atoms with E-state index < -0.39 is 0 Å². The zero-order valence-electron chi connectivity index (χ0n) is 16.3. The zero-order chi connectivity index (χ0) is 19.3. The topological polar surface area (TPSA) is 55.6 Å². The van der Waals surface area contributed by atoms with Crippen LogP contribution in [0.25, 0.3) is 15.9 Å². The van der Waals surface area contributed by atoms with E-state index in [1.165, 1.54) is 21.4 Å². The highest BCUT2D eigenvalue weighted by Crippen LogP contribution is 2.36. The molecule has 0 N–H and O–H groups in total. The van der Waals surface area contributed by atoms with Crippen LogP contribution in [0, 0.1) is 0 Å². The van der Waals surface area contributed by atoms with Crippen molar-refractivity contribution < 1.29 is 4.74 Å². The number of hydrogen-bond acceptors (Lipinski definition) is 6. The molecule has 1 aromatic carbocycles. The summed E-state index contributed by atoms with van der Waals surface area (Å²) in [4.78, 5) is 14.6. The van der Waals surface area contributed by atoms with Crippen LogP contribution >= 0.6 is 11.3 Å². The van der Waals surface area contributed by atoms with Crippen LogP contribution in [0.1, 0.15) is 35.7 Å². The Bertz CT molecular complexity index is 1150. The fourth-order valence-corrected chi connectivity index (χ4v) is 5.11. The van der Waals surface area contributed by atoms with Gasteiger partial charge >= 0.3 is 0 Å². The third-order valence-corrected chi connectivity index (χ3v) is 6.63. The van der Waals surface area contributed by atoms with Gasteiger partial charge < -0.3 is 4.74 Å². The molecule has 0 bridgehead atoms. The van der Waals surface area contributed by atoms with Crippen LogP contribution in [0.4, 0.5) is 0 Å². The highest BCUT2D eigenvalue weighted by molar-refractivity contribution is 7.19. The SMILES string of the molecule is COc1ccc(Cc2nc3c4c5c(sc4ncn3n2)CN(C(C)C)CC5)cc1. The molecule has 28 heavy (non-hydrogen) atoms. The summed E-state index contributed by atoms with van der Waals surface area (Å²) in [5, 5.41) is 5.87. The third kappa shape index (κ3) is 2.95. The van der Waals surface area contributed by atoms with Crippen LogP contribution in [-0.2, 0) is 19.4 Å². The van der Waals surface area contributed by atoms with Crippen molar-refractivity contribution in [2.45, 2.75) is 39.3 Å². The van der Waals surface area contributed by atoms with E-state index >= 15 is 0 Å². The number of thiophene rings is 1. The summed E-state index contributed by atoms with van der Waals surface area (Å²) in [6, 6.07) is 8.63. The molecule has 0 amide bonds. The van der Waals surface area contributed by atoms with Gasteiger partial charge in [0.1, 0.15) is 16.9 Å². The van der Waals surface area contributed by atoms with E-state index in [4.69, 9.17) is 9.72 Å². The van der Waals surface area contributed by atoms with Crippen molar-refractivity contribution >= 4 is 27.2 Å². The van der Waals surface area contributed by atoms with Gasteiger partial charge in [-0.1, -0.05) is 12.1 Å². The molecule has 4 aromatic rings. The lowest BCUT2D eigenvalue weighted by molar-refractivity contribution is 0.206. The maximum atomic E-state index is 5.24. The summed E-state index contributed by atoms with van der Waals surface area (Å²) in [6.45, 7) is 6.62. The molecule has 7 heteroatoms. The largest absolute Gasteiger partial charge is 0.497 e. The fraction of sp³-hybridized carbons (Fsp3) is 0.381. The van der Waals surface area contributed by atoms with E-state index in [9.17, 15) is 0 Å². The highest BCUT2D eigenvalue weighted by Gasteiger charge is 2.25. The number of benzene rings is 1. The van der Waals surface area contributed by atoms with Crippen molar-refractivity contribution in [3.63, 3.8) is 0 Å². The van der Waals surface area contributed by atoms with Crippen LogP contribution in [0.2, 0.25) is 0 Å². The standard InChI is InChI=1S/C21H23N5OS/c1-13(2)25-9-8-16-17(11-25)28-21-19(16)20-23-18(24-26(20)12-22-21)10-14-4-6-15(27-3)7-5-14/h4-7,12-13H,8-11H2,1-3H3. The number of methoxy groups -OCH3 is 1. The molecule has 0 radical (unpaired) electrons. The average molecular weight is 394 g/mol. The predicted molar refractivity (Wildman–Crippen MR) is 111 cm³/mol. The van der Waals surface area contributed by atoms with Crippen molar-refractivity contribution in [2.75, 3.05) is 13.7 Å². The number of ether oxygens (including phenoxy) is 1. The third-order valence-electron chi connectivity index (χ3n) is 5.50. The lowest BCUT2D eigenvalue weighted by atomic mass is 10.0. The number of hydrogen-bond donors (Lipinski definition) is 0. The van der Waals surface area contributed by atoms with Gasteiger partial charge in [-0.2, -0.15) is 0 Å². The van der Waals surface area contributed by atoms with Gasteiger partial charge in [-0.15, -0.1) is 16.4 Å². The zero-order valence-corrected chi connectivity index (χ0v) is 17.2. The van der Waals surface area contributed by atoms with Gasteiger partial charge in [0, 0.05) is 30.4 Å². The highest BCUT2D eigenvalue weighted by atomic mass is 32.1. The molecule has 4 heterocycles. The molecule has 1 aliphatic rings. The van der Waals surface area contributed by atoms with Gasteiger partial charge in [-0.3, -0.25) is 4.90 Å². The van der Waals surface area contributed by atoms with E-state index in [-0.39, 0.29) is 0 Å². The summed E-state index contributed by atoms with van der Waals surface area (Å²) in [6.07, 6.45) is 3.54. The summed E-state index contributed by atoms with van der Waals surface area (Å²) in [7, 11) is 1.68. The van der Waals surface area contributed by atoms with E-state index in [1.54, 1.807) is 24.8 Å². The molecule has 1 aliphatic heterocycles. The smallest absolute Gasteiger partial charge is 0.167 e. The molecule has 0 saturated heterocycles. The second-order valence-electron chi connectivity index (χ2n) is 7.56.